The van der Waals surface area contributed by atoms with Gasteiger partial charge in [-0.2, -0.15) is 0 Å². The second kappa shape index (κ2) is 9.14. The Morgan fingerprint density at radius 3 is 2.70 bits per heavy atom. The molecule has 33 heavy (non-hydrogen) atoms. The van der Waals surface area contributed by atoms with E-state index in [-0.39, 0.29) is 18.5 Å². The topological polar surface area (TPSA) is 113 Å². The van der Waals surface area contributed by atoms with Gasteiger partial charge in [0.05, 0.1) is 5.75 Å². The van der Waals surface area contributed by atoms with Gasteiger partial charge in [0.1, 0.15) is 6.04 Å². The Hall–Kier alpha value is -3.53. The van der Waals surface area contributed by atoms with E-state index in [0.717, 1.165) is 24.1 Å². The quantitative estimate of drug-likeness (QED) is 0.557. The van der Waals surface area contributed by atoms with Crippen molar-refractivity contribution in [2.45, 2.75) is 30.5 Å². The van der Waals surface area contributed by atoms with E-state index in [2.05, 4.69) is 10.2 Å². The number of benzene rings is 2. The number of aromatic nitrogens is 3. The molecule has 3 aromatic rings. The Morgan fingerprint density at radius 1 is 1.06 bits per heavy atom. The van der Waals surface area contributed by atoms with Gasteiger partial charge < -0.3 is 20.1 Å². The van der Waals surface area contributed by atoms with E-state index in [1.54, 1.807) is 4.90 Å². The smallest absolute Gasteiger partial charge is 0.240 e. The Morgan fingerprint density at radius 2 is 1.88 bits per heavy atom. The second-order valence-electron chi connectivity index (χ2n) is 7.83. The predicted octanol–water partition coefficient (Wildman–Crippen LogP) is 2.62. The minimum absolute atomic E-state index is 0.129. The largest absolute Gasteiger partial charge is 0.454 e. The fourth-order valence-corrected chi connectivity index (χ4v) is 4.97. The average Bonchev–Trinajstić information content (AvgIpc) is 3.49. The number of para-hydroxylation sites is 1. The first-order valence-corrected chi connectivity index (χ1v) is 11.7. The molecule has 2 aliphatic rings. The standard InChI is InChI=1S/C23H23N5O4S/c24-21(30)17-8-4-5-11-27(17)20(29)13-33-23-26-25-22(28(23)16-6-2-1-3-7-16)15-9-10-18-19(12-15)32-14-31-18/h1-3,6-7,9-10,12,17H,4-5,8,11,13-14H2,(H2,24,30)/t17-/m1/s1. The number of hydrogen-bond acceptors (Lipinski definition) is 7. The van der Waals surface area contributed by atoms with Gasteiger partial charge in [-0.15, -0.1) is 10.2 Å². The third-order valence-corrected chi connectivity index (χ3v) is 6.67. The van der Waals surface area contributed by atoms with Crippen LogP contribution in [0.2, 0.25) is 0 Å². The van der Waals surface area contributed by atoms with E-state index in [0.29, 0.717) is 35.4 Å². The summed E-state index contributed by atoms with van der Waals surface area (Å²) in [5.74, 6) is 1.52. The number of primary amides is 1. The zero-order valence-electron chi connectivity index (χ0n) is 17.8. The molecule has 5 rings (SSSR count). The first kappa shape index (κ1) is 21.3. The molecule has 2 aliphatic heterocycles. The molecule has 0 spiro atoms. The Kier molecular flexibility index (Phi) is 5.91. The molecule has 0 unspecified atom stereocenters. The molecule has 0 bridgehead atoms. The third-order valence-electron chi connectivity index (χ3n) is 5.75. The fraction of sp³-hybridized carbons (Fsp3) is 0.304. The fourth-order valence-electron chi connectivity index (χ4n) is 4.13. The van der Waals surface area contributed by atoms with Crippen LogP contribution in [0, 0.1) is 0 Å². The number of nitrogens with two attached hydrogens (primary N) is 1. The van der Waals surface area contributed by atoms with Gasteiger partial charge in [-0.05, 0) is 49.6 Å². The normalized spacial score (nSPS) is 17.2. The number of carbonyl (C=O) groups excluding carboxylic acids is 2. The molecule has 1 fully saturated rings. The Labute approximate surface area is 194 Å². The molecule has 0 saturated carbocycles. The zero-order valence-corrected chi connectivity index (χ0v) is 18.7. The summed E-state index contributed by atoms with van der Waals surface area (Å²) in [7, 11) is 0. The summed E-state index contributed by atoms with van der Waals surface area (Å²) in [5, 5.41) is 9.37. The first-order chi connectivity index (χ1) is 16.1. The van der Waals surface area contributed by atoms with E-state index in [1.165, 1.54) is 11.8 Å². The zero-order chi connectivity index (χ0) is 22.8. The number of piperidine rings is 1. The second-order valence-corrected chi connectivity index (χ2v) is 8.78. The van der Waals surface area contributed by atoms with Crippen molar-refractivity contribution in [1.29, 1.82) is 0 Å². The van der Waals surface area contributed by atoms with Crippen LogP contribution < -0.4 is 15.2 Å². The summed E-state index contributed by atoms with van der Waals surface area (Å²) in [6.07, 6.45) is 2.38. The first-order valence-electron chi connectivity index (χ1n) is 10.7. The molecule has 9 nitrogen and oxygen atoms in total. The van der Waals surface area contributed by atoms with Crippen LogP contribution in [0.25, 0.3) is 17.1 Å². The number of likely N-dealkylation sites (tertiary alicyclic amines) is 1. The van der Waals surface area contributed by atoms with Crippen molar-refractivity contribution in [3.05, 3.63) is 48.5 Å². The molecule has 0 radical (unpaired) electrons. The third kappa shape index (κ3) is 4.25. The highest BCUT2D eigenvalue weighted by molar-refractivity contribution is 7.99. The van der Waals surface area contributed by atoms with Crippen LogP contribution in [0.15, 0.2) is 53.7 Å². The van der Waals surface area contributed by atoms with E-state index in [1.807, 2.05) is 53.1 Å². The lowest BCUT2D eigenvalue weighted by atomic mass is 10.0. The molecule has 1 aromatic heterocycles. The molecular formula is C23H23N5O4S. The van der Waals surface area contributed by atoms with Crippen molar-refractivity contribution in [2.24, 2.45) is 5.73 Å². The van der Waals surface area contributed by atoms with Crippen LogP contribution >= 0.6 is 11.8 Å². The minimum Gasteiger partial charge on any atom is -0.454 e. The van der Waals surface area contributed by atoms with E-state index in [9.17, 15) is 9.59 Å². The van der Waals surface area contributed by atoms with Crippen molar-refractivity contribution in [3.63, 3.8) is 0 Å². The van der Waals surface area contributed by atoms with Gasteiger partial charge in [-0.1, -0.05) is 30.0 Å². The van der Waals surface area contributed by atoms with Gasteiger partial charge in [-0.3, -0.25) is 14.2 Å². The van der Waals surface area contributed by atoms with Crippen molar-refractivity contribution < 1.29 is 19.1 Å². The van der Waals surface area contributed by atoms with Gasteiger partial charge in [0.2, 0.25) is 18.6 Å². The Bertz CT molecular complexity index is 1180. The summed E-state index contributed by atoms with van der Waals surface area (Å²) in [5.41, 5.74) is 7.22. The maximum absolute atomic E-state index is 12.9. The van der Waals surface area contributed by atoms with Crippen LogP contribution in [0.4, 0.5) is 0 Å². The van der Waals surface area contributed by atoms with Crippen LogP contribution in [0.5, 0.6) is 11.5 Å². The average molecular weight is 466 g/mol. The molecule has 2 aromatic carbocycles. The predicted molar refractivity (Wildman–Crippen MR) is 122 cm³/mol. The molecule has 170 valence electrons. The number of rotatable bonds is 6. The maximum Gasteiger partial charge on any atom is 0.240 e. The van der Waals surface area contributed by atoms with Gasteiger partial charge in [0.25, 0.3) is 0 Å². The van der Waals surface area contributed by atoms with Gasteiger partial charge in [-0.25, -0.2) is 0 Å². The lowest BCUT2D eigenvalue weighted by Gasteiger charge is -2.33. The number of amides is 2. The number of fused-ring (bicyclic) bond motifs is 1. The van der Waals surface area contributed by atoms with E-state index >= 15 is 0 Å². The molecule has 2 amide bonds. The molecule has 10 heteroatoms. The lowest BCUT2D eigenvalue weighted by molar-refractivity contribution is -0.138. The summed E-state index contributed by atoms with van der Waals surface area (Å²) in [4.78, 5) is 26.3. The summed E-state index contributed by atoms with van der Waals surface area (Å²) in [6, 6.07) is 14.8. The van der Waals surface area contributed by atoms with Crippen LogP contribution in [-0.2, 0) is 9.59 Å². The molecule has 2 N–H and O–H groups in total. The highest BCUT2D eigenvalue weighted by Crippen LogP contribution is 2.37. The van der Waals surface area contributed by atoms with Crippen molar-refractivity contribution in [1.82, 2.24) is 19.7 Å². The summed E-state index contributed by atoms with van der Waals surface area (Å²) in [6.45, 7) is 0.733. The minimum atomic E-state index is -0.539. The highest BCUT2D eigenvalue weighted by Gasteiger charge is 2.31. The Balaban J connectivity index is 1.43. The number of carbonyl (C=O) groups is 2. The number of nitrogens with zero attached hydrogens (tertiary/aromatic N) is 4. The summed E-state index contributed by atoms with van der Waals surface area (Å²) >= 11 is 1.29. The van der Waals surface area contributed by atoms with Gasteiger partial charge in [0.15, 0.2) is 22.5 Å². The summed E-state index contributed by atoms with van der Waals surface area (Å²) < 4.78 is 12.8. The van der Waals surface area contributed by atoms with E-state index < -0.39 is 11.9 Å². The van der Waals surface area contributed by atoms with Crippen molar-refractivity contribution >= 4 is 23.6 Å². The monoisotopic (exact) mass is 465 g/mol. The molecular weight excluding hydrogens is 442 g/mol. The number of hydrogen-bond donors (Lipinski definition) is 1. The van der Waals surface area contributed by atoms with Crippen molar-refractivity contribution in [2.75, 3.05) is 19.1 Å². The molecule has 1 atom stereocenters. The number of thioether (sulfide) groups is 1. The number of ether oxygens (including phenoxy) is 2. The molecule has 0 aliphatic carbocycles. The van der Waals surface area contributed by atoms with Crippen LogP contribution in [-0.4, -0.2) is 56.6 Å². The maximum atomic E-state index is 12.9. The molecule has 1 saturated heterocycles. The van der Waals surface area contributed by atoms with Gasteiger partial charge in [0, 0.05) is 17.8 Å². The highest BCUT2D eigenvalue weighted by atomic mass is 32.2. The van der Waals surface area contributed by atoms with Crippen molar-refractivity contribution in [3.8, 4) is 28.6 Å². The van der Waals surface area contributed by atoms with E-state index in [4.69, 9.17) is 15.2 Å². The van der Waals surface area contributed by atoms with Crippen LogP contribution in [0.1, 0.15) is 19.3 Å². The van der Waals surface area contributed by atoms with Gasteiger partial charge >= 0.3 is 0 Å². The lowest BCUT2D eigenvalue weighted by Crippen LogP contribution is -2.51. The molecule has 3 heterocycles. The SMILES string of the molecule is NC(=O)[C@H]1CCCCN1C(=O)CSc1nnc(-c2ccc3c(c2)OCO3)n1-c1ccccc1. The van der Waals surface area contributed by atoms with Crippen LogP contribution in [0.3, 0.4) is 0 Å².